The maximum absolute atomic E-state index is 13.0. The van der Waals surface area contributed by atoms with E-state index < -0.39 is 23.8 Å². The SMILES string of the molecule is CCOCCOC(=O)C1C(C)=NC2=C(C(=O)CCC2)[C@H]1c1ccc(C(=O)OC)cc1. The Balaban J connectivity index is 1.97. The van der Waals surface area contributed by atoms with Crippen molar-refractivity contribution in [3.63, 3.8) is 0 Å². The van der Waals surface area contributed by atoms with E-state index in [0.717, 1.165) is 17.7 Å². The Morgan fingerprint density at radius 2 is 1.87 bits per heavy atom. The predicted molar refractivity (Wildman–Crippen MR) is 110 cm³/mol. The number of hydrogen-bond acceptors (Lipinski definition) is 7. The molecule has 0 amide bonds. The van der Waals surface area contributed by atoms with Crippen LogP contribution in [0.4, 0.5) is 0 Å². The molecule has 160 valence electrons. The predicted octanol–water partition coefficient (Wildman–Crippen LogP) is 3.23. The smallest absolute Gasteiger partial charge is 0.337 e. The third-order valence-corrected chi connectivity index (χ3v) is 5.46. The molecule has 1 aromatic rings. The van der Waals surface area contributed by atoms with Crippen LogP contribution in [0.15, 0.2) is 40.5 Å². The second-order valence-corrected chi connectivity index (χ2v) is 7.32. The highest BCUT2D eigenvalue weighted by Crippen LogP contribution is 2.43. The van der Waals surface area contributed by atoms with E-state index in [1.54, 1.807) is 31.2 Å². The average Bonchev–Trinajstić information content (AvgIpc) is 2.75. The Morgan fingerprint density at radius 1 is 1.13 bits per heavy atom. The van der Waals surface area contributed by atoms with E-state index >= 15 is 0 Å². The van der Waals surface area contributed by atoms with Gasteiger partial charge in [-0.3, -0.25) is 14.6 Å². The summed E-state index contributed by atoms with van der Waals surface area (Å²) in [4.78, 5) is 42.2. The first-order valence-corrected chi connectivity index (χ1v) is 10.2. The minimum atomic E-state index is -0.698. The zero-order valence-electron chi connectivity index (χ0n) is 17.6. The first-order valence-electron chi connectivity index (χ1n) is 10.2. The van der Waals surface area contributed by atoms with Gasteiger partial charge in [-0.1, -0.05) is 12.1 Å². The van der Waals surface area contributed by atoms with E-state index in [1.807, 2.05) is 6.92 Å². The zero-order valence-corrected chi connectivity index (χ0v) is 17.6. The topological polar surface area (TPSA) is 91.3 Å². The van der Waals surface area contributed by atoms with Crippen LogP contribution in [0, 0.1) is 5.92 Å². The van der Waals surface area contributed by atoms with Crippen molar-refractivity contribution in [3.05, 3.63) is 46.7 Å². The van der Waals surface area contributed by atoms with Crippen LogP contribution in [0.25, 0.3) is 0 Å². The van der Waals surface area contributed by atoms with Crippen LogP contribution in [-0.2, 0) is 23.8 Å². The van der Waals surface area contributed by atoms with Gasteiger partial charge in [0.2, 0.25) is 0 Å². The summed E-state index contributed by atoms with van der Waals surface area (Å²) < 4.78 is 15.4. The Morgan fingerprint density at radius 3 is 2.53 bits per heavy atom. The number of carbonyl (C=O) groups is 3. The largest absolute Gasteiger partial charge is 0.465 e. The Labute approximate surface area is 176 Å². The molecule has 0 saturated carbocycles. The van der Waals surface area contributed by atoms with Gasteiger partial charge >= 0.3 is 11.9 Å². The molecule has 0 N–H and O–H groups in total. The molecule has 0 aromatic heterocycles. The highest BCUT2D eigenvalue weighted by atomic mass is 16.6. The summed E-state index contributed by atoms with van der Waals surface area (Å²) in [6, 6.07) is 6.82. The van der Waals surface area contributed by atoms with Crippen LogP contribution in [0.3, 0.4) is 0 Å². The molecule has 1 unspecified atom stereocenters. The summed E-state index contributed by atoms with van der Waals surface area (Å²) in [5.41, 5.74) is 3.15. The van der Waals surface area contributed by atoms with Crippen LogP contribution in [0.2, 0.25) is 0 Å². The van der Waals surface area contributed by atoms with E-state index in [2.05, 4.69) is 4.99 Å². The molecule has 2 aliphatic rings. The fourth-order valence-corrected chi connectivity index (χ4v) is 4.05. The van der Waals surface area contributed by atoms with Crippen LogP contribution in [0.5, 0.6) is 0 Å². The molecule has 3 rings (SSSR count). The number of esters is 2. The van der Waals surface area contributed by atoms with Crippen molar-refractivity contribution in [1.29, 1.82) is 0 Å². The third kappa shape index (κ3) is 4.51. The number of benzene rings is 1. The van der Waals surface area contributed by atoms with Crippen LogP contribution >= 0.6 is 0 Å². The van der Waals surface area contributed by atoms with Gasteiger partial charge in [0.05, 0.1) is 19.3 Å². The first-order chi connectivity index (χ1) is 14.5. The first kappa shape index (κ1) is 21.9. The molecule has 1 aromatic carbocycles. The standard InChI is InChI=1S/C23H27NO6/c1-4-29-12-13-30-23(27)19-14(2)24-17-6-5-7-18(25)21(17)20(19)15-8-10-16(11-9-15)22(26)28-3/h8-11,19-20H,4-7,12-13H2,1-3H3/t19?,20-/m0/s1. The second kappa shape index (κ2) is 9.80. The monoisotopic (exact) mass is 413 g/mol. The van der Waals surface area contributed by atoms with Crippen molar-refractivity contribution in [2.24, 2.45) is 10.9 Å². The van der Waals surface area contributed by atoms with Gasteiger partial charge in [-0.15, -0.1) is 0 Å². The summed E-state index contributed by atoms with van der Waals surface area (Å²) in [7, 11) is 1.32. The van der Waals surface area contributed by atoms with Gasteiger partial charge in [-0.25, -0.2) is 4.79 Å². The lowest BCUT2D eigenvalue weighted by molar-refractivity contribution is -0.148. The normalized spacial score (nSPS) is 21.0. The molecule has 0 saturated heterocycles. The highest BCUT2D eigenvalue weighted by molar-refractivity contribution is 6.08. The molecule has 1 aliphatic carbocycles. The lowest BCUT2D eigenvalue weighted by Gasteiger charge is -2.34. The van der Waals surface area contributed by atoms with E-state index in [-0.39, 0.29) is 12.4 Å². The molecule has 2 atom stereocenters. The zero-order chi connectivity index (χ0) is 21.7. The molecule has 30 heavy (non-hydrogen) atoms. The number of Topliss-reactive ketones (excluding diaryl/α,β-unsaturated/α-hetero) is 1. The van der Waals surface area contributed by atoms with Gasteiger partial charge in [0, 0.05) is 35.9 Å². The second-order valence-electron chi connectivity index (χ2n) is 7.32. The maximum atomic E-state index is 13.0. The Bertz CT molecular complexity index is 883. The molecule has 1 heterocycles. The number of ether oxygens (including phenoxy) is 3. The van der Waals surface area contributed by atoms with Gasteiger partial charge < -0.3 is 14.2 Å². The highest BCUT2D eigenvalue weighted by Gasteiger charge is 2.43. The molecule has 7 nitrogen and oxygen atoms in total. The van der Waals surface area contributed by atoms with E-state index in [4.69, 9.17) is 14.2 Å². The van der Waals surface area contributed by atoms with Crippen molar-refractivity contribution < 1.29 is 28.6 Å². The van der Waals surface area contributed by atoms with Gasteiger partial charge in [0.1, 0.15) is 12.5 Å². The molecular weight excluding hydrogens is 386 g/mol. The average molecular weight is 413 g/mol. The summed E-state index contributed by atoms with van der Waals surface area (Å²) in [6.45, 7) is 4.67. The maximum Gasteiger partial charge on any atom is 0.337 e. The van der Waals surface area contributed by atoms with E-state index in [0.29, 0.717) is 42.9 Å². The van der Waals surface area contributed by atoms with Gasteiger partial charge in [0.15, 0.2) is 5.78 Å². The van der Waals surface area contributed by atoms with Crippen LogP contribution < -0.4 is 0 Å². The lowest BCUT2D eigenvalue weighted by atomic mass is 9.71. The summed E-state index contributed by atoms with van der Waals surface area (Å²) in [5, 5.41) is 0. The fraction of sp³-hybridized carbons (Fsp3) is 0.478. The number of carbonyl (C=O) groups excluding carboxylic acids is 3. The number of hydrogen-bond donors (Lipinski definition) is 0. The van der Waals surface area contributed by atoms with Crippen molar-refractivity contribution >= 4 is 23.4 Å². The number of ketones is 1. The van der Waals surface area contributed by atoms with Crippen LogP contribution in [-0.4, -0.2) is 50.4 Å². The minimum absolute atomic E-state index is 0.0154. The minimum Gasteiger partial charge on any atom is -0.465 e. The van der Waals surface area contributed by atoms with Crippen molar-refractivity contribution in [2.75, 3.05) is 26.9 Å². The third-order valence-electron chi connectivity index (χ3n) is 5.46. The van der Waals surface area contributed by atoms with E-state index in [9.17, 15) is 14.4 Å². The molecule has 0 bridgehead atoms. The number of allylic oxidation sites excluding steroid dienone is 2. The summed E-state index contributed by atoms with van der Waals surface area (Å²) in [5.74, 6) is -2.04. The van der Waals surface area contributed by atoms with Crippen LogP contribution in [0.1, 0.15) is 54.9 Å². The van der Waals surface area contributed by atoms with Crippen molar-refractivity contribution in [3.8, 4) is 0 Å². The molecule has 0 fully saturated rings. The van der Waals surface area contributed by atoms with Gasteiger partial charge in [0.25, 0.3) is 0 Å². The summed E-state index contributed by atoms with van der Waals surface area (Å²) in [6.07, 6.45) is 1.91. The molecule has 0 spiro atoms. The quantitative estimate of drug-likeness (QED) is 0.503. The van der Waals surface area contributed by atoms with Crippen molar-refractivity contribution in [1.82, 2.24) is 0 Å². The fourth-order valence-electron chi connectivity index (χ4n) is 4.05. The molecule has 1 aliphatic heterocycles. The lowest BCUT2D eigenvalue weighted by Crippen LogP contribution is -2.37. The Kier molecular flexibility index (Phi) is 7.15. The Hall–Kier alpha value is -2.80. The molecule has 0 radical (unpaired) electrons. The van der Waals surface area contributed by atoms with Gasteiger partial charge in [-0.2, -0.15) is 0 Å². The number of aliphatic imine (C=N–C) groups is 1. The van der Waals surface area contributed by atoms with Crippen molar-refractivity contribution in [2.45, 2.75) is 39.0 Å². The summed E-state index contributed by atoms with van der Waals surface area (Å²) >= 11 is 0. The van der Waals surface area contributed by atoms with Gasteiger partial charge in [-0.05, 0) is 44.4 Å². The number of nitrogens with zero attached hydrogens (tertiary/aromatic N) is 1. The van der Waals surface area contributed by atoms with E-state index in [1.165, 1.54) is 7.11 Å². The number of methoxy groups -OCH3 is 1. The molecule has 7 heteroatoms. The molecular formula is C23H27NO6. The number of rotatable bonds is 7.